The van der Waals surface area contributed by atoms with Crippen molar-refractivity contribution in [3.8, 4) is 0 Å². The van der Waals surface area contributed by atoms with Gasteiger partial charge in [0, 0.05) is 19.3 Å². The molecule has 3 heterocycles. The number of furan rings is 1. The third-order valence-electron chi connectivity index (χ3n) is 4.88. The lowest BCUT2D eigenvalue weighted by Crippen LogP contribution is -2.34. The molecular weight excluding hydrogens is 348 g/mol. The van der Waals surface area contributed by atoms with Crippen molar-refractivity contribution < 1.29 is 18.8 Å². The van der Waals surface area contributed by atoms with Gasteiger partial charge in [-0.3, -0.25) is 4.79 Å². The molecule has 140 valence electrons. The van der Waals surface area contributed by atoms with E-state index in [0.717, 1.165) is 23.5 Å². The largest absolute Gasteiger partial charge is 0.467 e. The number of anilines is 2. The number of imide groups is 1. The van der Waals surface area contributed by atoms with Crippen molar-refractivity contribution in [3.63, 3.8) is 0 Å². The molecule has 0 saturated carbocycles. The normalized spacial score (nSPS) is 19.9. The third kappa shape index (κ3) is 3.14. The summed E-state index contributed by atoms with van der Waals surface area (Å²) in [5.41, 5.74) is 0.967. The molecule has 2 fully saturated rings. The van der Waals surface area contributed by atoms with Crippen molar-refractivity contribution >= 4 is 29.3 Å². The lowest BCUT2D eigenvalue weighted by Gasteiger charge is -2.24. The molecule has 1 N–H and O–H groups in total. The average Bonchev–Trinajstić information content (AvgIpc) is 3.37. The first-order valence-corrected chi connectivity index (χ1v) is 8.84. The first kappa shape index (κ1) is 17.1. The second kappa shape index (κ2) is 6.79. The van der Waals surface area contributed by atoms with Crippen LogP contribution in [0.15, 0.2) is 47.1 Å². The fraction of sp³-hybridized carbons (Fsp3) is 0.316. The first-order valence-electron chi connectivity index (χ1n) is 8.84. The van der Waals surface area contributed by atoms with E-state index in [0.29, 0.717) is 17.9 Å². The first-order chi connectivity index (χ1) is 13.0. The van der Waals surface area contributed by atoms with E-state index < -0.39 is 0 Å². The number of nitrogens with zero attached hydrogens (tertiary/aromatic N) is 3. The summed E-state index contributed by atoms with van der Waals surface area (Å²) in [6, 6.07) is 9.73. The summed E-state index contributed by atoms with van der Waals surface area (Å²) in [6.45, 7) is 0.693. The number of urea groups is 2. The van der Waals surface area contributed by atoms with Crippen molar-refractivity contribution in [2.75, 3.05) is 30.4 Å². The lowest BCUT2D eigenvalue weighted by atomic mass is 10.2. The summed E-state index contributed by atoms with van der Waals surface area (Å²) >= 11 is 0. The minimum atomic E-state index is -0.374. The Hall–Kier alpha value is -3.29. The maximum absolute atomic E-state index is 12.8. The topological polar surface area (TPSA) is 86.1 Å². The van der Waals surface area contributed by atoms with Crippen LogP contribution in [0.3, 0.4) is 0 Å². The van der Waals surface area contributed by atoms with Crippen molar-refractivity contribution in [2.24, 2.45) is 0 Å². The Balaban J connectivity index is 1.51. The Morgan fingerprint density at radius 2 is 2.07 bits per heavy atom. The molecule has 2 aromatic rings. The second-order valence-corrected chi connectivity index (χ2v) is 6.72. The Labute approximate surface area is 156 Å². The highest BCUT2D eigenvalue weighted by molar-refractivity contribution is 6.19. The zero-order chi connectivity index (χ0) is 19.0. The maximum Gasteiger partial charge on any atom is 0.331 e. The van der Waals surface area contributed by atoms with Crippen LogP contribution in [0.4, 0.5) is 21.0 Å². The monoisotopic (exact) mass is 368 g/mol. The fourth-order valence-electron chi connectivity index (χ4n) is 3.58. The number of amides is 5. The van der Waals surface area contributed by atoms with E-state index in [1.54, 1.807) is 42.5 Å². The minimum absolute atomic E-state index is 0.0496. The van der Waals surface area contributed by atoms with Crippen LogP contribution in [-0.2, 0) is 4.79 Å². The highest BCUT2D eigenvalue weighted by Gasteiger charge is 2.35. The van der Waals surface area contributed by atoms with Gasteiger partial charge in [0.25, 0.3) is 5.91 Å². The Kier molecular flexibility index (Phi) is 4.31. The van der Waals surface area contributed by atoms with Crippen LogP contribution in [0, 0.1) is 0 Å². The summed E-state index contributed by atoms with van der Waals surface area (Å²) in [4.78, 5) is 41.2. The predicted octanol–water partition coefficient (Wildman–Crippen LogP) is 3.05. The molecule has 0 spiro atoms. The van der Waals surface area contributed by atoms with Crippen LogP contribution < -0.4 is 10.2 Å². The number of nitrogens with one attached hydrogen (secondary N) is 1. The van der Waals surface area contributed by atoms with Gasteiger partial charge in [-0.2, -0.15) is 0 Å². The third-order valence-corrected chi connectivity index (χ3v) is 4.88. The molecule has 0 aliphatic carbocycles. The molecule has 1 aromatic carbocycles. The Bertz CT molecular complexity index is 880. The standard InChI is InChI=1S/C19H20N4O4/c1-21-12-17(24)23(19(21)26)14-6-2-5-13(11-14)20-18(25)22-9-3-7-15(22)16-8-4-10-27-16/h2,4-6,8,10-11,15H,3,7,9,12H2,1H3,(H,20,25). The molecule has 0 radical (unpaired) electrons. The predicted molar refractivity (Wildman–Crippen MR) is 98.4 cm³/mol. The lowest BCUT2D eigenvalue weighted by molar-refractivity contribution is -0.116. The van der Waals surface area contributed by atoms with Crippen molar-refractivity contribution in [3.05, 3.63) is 48.4 Å². The zero-order valence-electron chi connectivity index (χ0n) is 14.9. The second-order valence-electron chi connectivity index (χ2n) is 6.72. The summed E-state index contributed by atoms with van der Waals surface area (Å²) in [6.07, 6.45) is 3.36. The number of likely N-dealkylation sites (tertiary alicyclic amines) is 1. The molecule has 1 aromatic heterocycles. The van der Waals surface area contributed by atoms with E-state index in [2.05, 4.69) is 5.32 Å². The van der Waals surface area contributed by atoms with E-state index in [-0.39, 0.29) is 30.6 Å². The van der Waals surface area contributed by atoms with Gasteiger partial charge in [-0.25, -0.2) is 14.5 Å². The number of carbonyl (C=O) groups excluding carboxylic acids is 3. The number of benzene rings is 1. The van der Waals surface area contributed by atoms with Gasteiger partial charge in [-0.1, -0.05) is 6.07 Å². The molecular formula is C19H20N4O4. The van der Waals surface area contributed by atoms with Crippen LogP contribution in [0.2, 0.25) is 0 Å². The molecule has 8 nitrogen and oxygen atoms in total. The highest BCUT2D eigenvalue weighted by Crippen LogP contribution is 2.33. The van der Waals surface area contributed by atoms with E-state index in [9.17, 15) is 14.4 Å². The van der Waals surface area contributed by atoms with Crippen LogP contribution in [0.5, 0.6) is 0 Å². The van der Waals surface area contributed by atoms with Crippen molar-refractivity contribution in [1.29, 1.82) is 0 Å². The number of hydrogen-bond donors (Lipinski definition) is 1. The zero-order valence-corrected chi connectivity index (χ0v) is 14.9. The van der Waals surface area contributed by atoms with E-state index in [1.807, 2.05) is 12.1 Å². The summed E-state index contributed by atoms with van der Waals surface area (Å²) in [5.74, 6) is 0.483. The van der Waals surface area contributed by atoms with Gasteiger partial charge in [-0.15, -0.1) is 0 Å². The number of carbonyl (C=O) groups is 3. The fourth-order valence-corrected chi connectivity index (χ4v) is 3.58. The van der Waals surface area contributed by atoms with Gasteiger partial charge in [-0.05, 0) is 43.2 Å². The van der Waals surface area contributed by atoms with Crippen molar-refractivity contribution in [2.45, 2.75) is 18.9 Å². The minimum Gasteiger partial charge on any atom is -0.467 e. The molecule has 0 bridgehead atoms. The van der Waals surface area contributed by atoms with E-state index in [4.69, 9.17) is 4.42 Å². The number of rotatable bonds is 3. The Morgan fingerprint density at radius 3 is 2.78 bits per heavy atom. The maximum atomic E-state index is 12.8. The molecule has 8 heteroatoms. The van der Waals surface area contributed by atoms with Crippen molar-refractivity contribution in [1.82, 2.24) is 9.80 Å². The van der Waals surface area contributed by atoms with E-state index >= 15 is 0 Å². The SMILES string of the molecule is CN1CC(=O)N(c2cccc(NC(=O)N3CCCC3c3ccco3)c2)C1=O. The van der Waals surface area contributed by atoms with Gasteiger partial charge >= 0.3 is 12.1 Å². The van der Waals surface area contributed by atoms with Gasteiger partial charge < -0.3 is 19.5 Å². The smallest absolute Gasteiger partial charge is 0.331 e. The van der Waals surface area contributed by atoms with Crippen LogP contribution in [-0.4, -0.2) is 47.9 Å². The highest BCUT2D eigenvalue weighted by atomic mass is 16.3. The summed E-state index contributed by atoms with van der Waals surface area (Å²) < 4.78 is 5.46. The molecule has 4 rings (SSSR count). The van der Waals surface area contributed by atoms with Gasteiger partial charge in [0.2, 0.25) is 0 Å². The van der Waals surface area contributed by atoms with Gasteiger partial charge in [0.05, 0.1) is 18.0 Å². The summed E-state index contributed by atoms with van der Waals surface area (Å²) in [7, 11) is 1.58. The molecule has 2 aliphatic heterocycles. The van der Waals surface area contributed by atoms with Crippen LogP contribution in [0.1, 0.15) is 24.6 Å². The molecule has 2 saturated heterocycles. The van der Waals surface area contributed by atoms with E-state index in [1.165, 1.54) is 4.90 Å². The van der Waals surface area contributed by atoms with Gasteiger partial charge in [0.1, 0.15) is 12.3 Å². The molecule has 2 aliphatic rings. The van der Waals surface area contributed by atoms with Gasteiger partial charge in [0.15, 0.2) is 0 Å². The van der Waals surface area contributed by atoms with Crippen LogP contribution >= 0.6 is 0 Å². The number of hydrogen-bond acceptors (Lipinski definition) is 4. The molecule has 1 unspecified atom stereocenters. The van der Waals surface area contributed by atoms with Crippen LogP contribution in [0.25, 0.3) is 0 Å². The number of likely N-dealkylation sites (N-methyl/N-ethyl adjacent to an activating group) is 1. The quantitative estimate of drug-likeness (QED) is 0.844. The summed E-state index contributed by atoms with van der Waals surface area (Å²) in [5, 5.41) is 2.86. The Morgan fingerprint density at radius 1 is 1.22 bits per heavy atom. The molecule has 27 heavy (non-hydrogen) atoms. The molecule has 5 amide bonds. The molecule has 1 atom stereocenters. The average molecular weight is 368 g/mol.